The fourth-order valence-electron chi connectivity index (χ4n) is 1.84. The minimum atomic E-state index is -0.853. The predicted molar refractivity (Wildman–Crippen MR) is 85.0 cm³/mol. The van der Waals surface area contributed by atoms with Crippen LogP contribution in [0.1, 0.15) is 38.7 Å². The number of carbonyl (C=O) groups excluding carboxylic acids is 1. The van der Waals surface area contributed by atoms with E-state index in [9.17, 15) is 9.59 Å². The van der Waals surface area contributed by atoms with E-state index in [-0.39, 0.29) is 5.91 Å². The normalized spacial score (nSPS) is 11.0. The van der Waals surface area contributed by atoms with Crippen LogP contribution in [0.4, 0.5) is 0 Å². The van der Waals surface area contributed by atoms with Crippen molar-refractivity contribution in [3.63, 3.8) is 0 Å². The molecular formula is C17H25NO4. The number of carboxylic acid groups (broad SMARTS) is 1. The van der Waals surface area contributed by atoms with Crippen molar-refractivity contribution in [3.05, 3.63) is 29.8 Å². The molecule has 0 aliphatic carbocycles. The lowest BCUT2D eigenvalue weighted by atomic mass is 9.90. The maximum Gasteiger partial charge on any atom is 0.309 e. The number of aliphatic carboxylic acids is 1. The van der Waals surface area contributed by atoms with E-state index in [1.54, 1.807) is 13.8 Å². The molecule has 0 radical (unpaired) electrons. The second-order valence-corrected chi connectivity index (χ2v) is 6.06. The van der Waals surface area contributed by atoms with Gasteiger partial charge in [-0.3, -0.25) is 9.59 Å². The third-order valence-electron chi connectivity index (χ3n) is 3.46. The molecule has 1 aromatic carbocycles. The molecule has 5 heteroatoms. The third kappa shape index (κ3) is 6.61. The largest absolute Gasteiger partial charge is 0.494 e. The Kier molecular flexibility index (Phi) is 6.89. The van der Waals surface area contributed by atoms with Crippen LogP contribution in [0.5, 0.6) is 5.75 Å². The number of rotatable bonds is 9. The van der Waals surface area contributed by atoms with Crippen LogP contribution in [0.3, 0.4) is 0 Å². The first kappa shape index (κ1) is 18.0. The van der Waals surface area contributed by atoms with Crippen LogP contribution in [0.15, 0.2) is 24.3 Å². The third-order valence-corrected chi connectivity index (χ3v) is 3.46. The Balaban J connectivity index is 2.15. The summed E-state index contributed by atoms with van der Waals surface area (Å²) in [6.07, 6.45) is 1.41. The number of ether oxygens (including phenoxy) is 1. The van der Waals surface area contributed by atoms with Gasteiger partial charge in [0.1, 0.15) is 5.75 Å². The molecule has 0 atom stereocenters. The smallest absolute Gasteiger partial charge is 0.309 e. The molecule has 0 unspecified atom stereocenters. The summed E-state index contributed by atoms with van der Waals surface area (Å²) in [6, 6.07) is 7.77. The Labute approximate surface area is 131 Å². The molecule has 1 aromatic rings. The van der Waals surface area contributed by atoms with Gasteiger partial charge in [-0.1, -0.05) is 12.1 Å². The van der Waals surface area contributed by atoms with Crippen molar-refractivity contribution in [2.45, 2.75) is 40.0 Å². The average molecular weight is 307 g/mol. The molecular weight excluding hydrogens is 282 g/mol. The zero-order valence-electron chi connectivity index (χ0n) is 13.5. The van der Waals surface area contributed by atoms with Crippen molar-refractivity contribution in [3.8, 4) is 5.75 Å². The van der Waals surface area contributed by atoms with Gasteiger partial charge in [-0.05, 0) is 51.3 Å². The summed E-state index contributed by atoms with van der Waals surface area (Å²) in [5, 5.41) is 11.7. The molecule has 5 nitrogen and oxygen atoms in total. The van der Waals surface area contributed by atoms with Gasteiger partial charge in [-0.15, -0.1) is 0 Å². The minimum Gasteiger partial charge on any atom is -0.494 e. The van der Waals surface area contributed by atoms with Gasteiger partial charge in [-0.2, -0.15) is 0 Å². The monoisotopic (exact) mass is 307 g/mol. The second kappa shape index (κ2) is 8.41. The summed E-state index contributed by atoms with van der Waals surface area (Å²) >= 11 is 0. The standard InChI is InChI=1S/C17H25NO4/c1-13-6-4-7-14(12-13)22-11-5-8-15(19)18-10-9-17(2,3)16(20)21/h4,6-7,12H,5,8-11H2,1-3H3,(H,18,19)(H,20,21). The lowest BCUT2D eigenvalue weighted by Gasteiger charge is -2.18. The van der Waals surface area contributed by atoms with Crippen LogP contribution in [0.25, 0.3) is 0 Å². The van der Waals surface area contributed by atoms with Gasteiger partial charge in [0.25, 0.3) is 0 Å². The Bertz CT molecular complexity index is 511. The molecule has 0 bridgehead atoms. The van der Waals surface area contributed by atoms with Crippen molar-refractivity contribution in [2.75, 3.05) is 13.2 Å². The Hall–Kier alpha value is -2.04. The predicted octanol–water partition coefficient (Wildman–Crippen LogP) is 2.77. The Morgan fingerprint density at radius 1 is 1.32 bits per heavy atom. The summed E-state index contributed by atoms with van der Waals surface area (Å²) in [5.74, 6) is -0.119. The molecule has 0 aromatic heterocycles. The summed E-state index contributed by atoms with van der Waals surface area (Å²) in [4.78, 5) is 22.6. The van der Waals surface area contributed by atoms with Crippen LogP contribution in [-0.4, -0.2) is 30.1 Å². The van der Waals surface area contributed by atoms with Crippen molar-refractivity contribution in [1.29, 1.82) is 0 Å². The first-order valence-corrected chi connectivity index (χ1v) is 7.51. The van der Waals surface area contributed by atoms with E-state index in [1.165, 1.54) is 0 Å². The van der Waals surface area contributed by atoms with E-state index in [0.29, 0.717) is 32.4 Å². The maximum absolute atomic E-state index is 11.7. The van der Waals surface area contributed by atoms with Gasteiger partial charge >= 0.3 is 5.97 Å². The number of carboxylic acids is 1. The number of benzene rings is 1. The number of hydrogen-bond acceptors (Lipinski definition) is 3. The molecule has 1 rings (SSSR count). The number of amides is 1. The fraction of sp³-hybridized carbons (Fsp3) is 0.529. The van der Waals surface area contributed by atoms with E-state index in [2.05, 4.69) is 5.32 Å². The van der Waals surface area contributed by atoms with Crippen LogP contribution in [0, 0.1) is 12.3 Å². The molecule has 0 heterocycles. The lowest BCUT2D eigenvalue weighted by molar-refractivity contribution is -0.147. The Morgan fingerprint density at radius 2 is 2.05 bits per heavy atom. The highest BCUT2D eigenvalue weighted by Crippen LogP contribution is 2.19. The van der Waals surface area contributed by atoms with E-state index >= 15 is 0 Å². The maximum atomic E-state index is 11.7. The van der Waals surface area contributed by atoms with Crippen LogP contribution in [-0.2, 0) is 9.59 Å². The molecule has 0 spiro atoms. The number of hydrogen-bond donors (Lipinski definition) is 2. The molecule has 0 saturated carbocycles. The van der Waals surface area contributed by atoms with Crippen LogP contribution < -0.4 is 10.1 Å². The molecule has 0 aliphatic heterocycles. The minimum absolute atomic E-state index is 0.0750. The van der Waals surface area contributed by atoms with E-state index in [0.717, 1.165) is 11.3 Å². The Morgan fingerprint density at radius 3 is 2.68 bits per heavy atom. The number of aryl methyl sites for hydroxylation is 1. The summed E-state index contributed by atoms with van der Waals surface area (Å²) in [5.41, 5.74) is 0.318. The fourth-order valence-corrected chi connectivity index (χ4v) is 1.84. The molecule has 0 saturated heterocycles. The van der Waals surface area contributed by atoms with Crippen molar-refractivity contribution in [1.82, 2.24) is 5.32 Å². The molecule has 1 amide bonds. The number of nitrogens with one attached hydrogen (secondary N) is 1. The van der Waals surface area contributed by atoms with Gasteiger partial charge in [0.15, 0.2) is 0 Å². The van der Waals surface area contributed by atoms with Gasteiger partial charge in [0, 0.05) is 13.0 Å². The summed E-state index contributed by atoms with van der Waals surface area (Å²) in [6.45, 7) is 6.15. The van der Waals surface area contributed by atoms with Crippen LogP contribution >= 0.6 is 0 Å². The SMILES string of the molecule is Cc1cccc(OCCCC(=O)NCCC(C)(C)C(=O)O)c1. The van der Waals surface area contributed by atoms with Gasteiger partial charge in [-0.25, -0.2) is 0 Å². The molecule has 0 fully saturated rings. The van der Waals surface area contributed by atoms with Crippen molar-refractivity contribution < 1.29 is 19.4 Å². The molecule has 22 heavy (non-hydrogen) atoms. The first-order chi connectivity index (χ1) is 10.3. The molecule has 122 valence electrons. The number of carbonyl (C=O) groups is 2. The van der Waals surface area contributed by atoms with Gasteiger partial charge in [0.05, 0.1) is 12.0 Å². The average Bonchev–Trinajstić information content (AvgIpc) is 2.43. The van der Waals surface area contributed by atoms with Gasteiger partial charge < -0.3 is 15.2 Å². The highest BCUT2D eigenvalue weighted by molar-refractivity contribution is 5.76. The molecule has 0 aliphatic rings. The quantitative estimate of drug-likeness (QED) is 0.688. The van der Waals surface area contributed by atoms with E-state index < -0.39 is 11.4 Å². The van der Waals surface area contributed by atoms with E-state index in [1.807, 2.05) is 31.2 Å². The molecule has 2 N–H and O–H groups in total. The van der Waals surface area contributed by atoms with Crippen LogP contribution in [0.2, 0.25) is 0 Å². The first-order valence-electron chi connectivity index (χ1n) is 7.51. The topological polar surface area (TPSA) is 75.6 Å². The zero-order chi connectivity index (χ0) is 16.6. The lowest BCUT2D eigenvalue weighted by Crippen LogP contribution is -2.31. The second-order valence-electron chi connectivity index (χ2n) is 6.06. The highest BCUT2D eigenvalue weighted by atomic mass is 16.5. The van der Waals surface area contributed by atoms with Gasteiger partial charge in [0.2, 0.25) is 5.91 Å². The summed E-state index contributed by atoms with van der Waals surface area (Å²) in [7, 11) is 0. The van der Waals surface area contributed by atoms with E-state index in [4.69, 9.17) is 9.84 Å². The highest BCUT2D eigenvalue weighted by Gasteiger charge is 2.26. The summed E-state index contributed by atoms with van der Waals surface area (Å²) < 4.78 is 5.57. The van der Waals surface area contributed by atoms with Crippen molar-refractivity contribution >= 4 is 11.9 Å². The van der Waals surface area contributed by atoms with Crippen molar-refractivity contribution in [2.24, 2.45) is 5.41 Å². The zero-order valence-corrected chi connectivity index (χ0v) is 13.5.